The number of hydrogen-bond acceptors (Lipinski definition) is 4. The summed E-state index contributed by atoms with van der Waals surface area (Å²) in [6.07, 6.45) is 0. The van der Waals surface area contributed by atoms with Crippen molar-refractivity contribution in [2.75, 3.05) is 12.0 Å². The second-order valence-electron chi connectivity index (χ2n) is 7.21. The molecule has 31 heavy (non-hydrogen) atoms. The van der Waals surface area contributed by atoms with Crippen LogP contribution in [0, 0.1) is 6.92 Å². The fourth-order valence-corrected chi connectivity index (χ4v) is 4.03. The van der Waals surface area contributed by atoms with Crippen molar-refractivity contribution in [3.8, 4) is 5.75 Å². The first-order valence-corrected chi connectivity index (χ1v) is 10.1. The first-order chi connectivity index (χ1) is 14.9. The minimum atomic E-state index is -0.816. The zero-order valence-electron chi connectivity index (χ0n) is 17.0. The van der Waals surface area contributed by atoms with Crippen molar-refractivity contribution in [1.29, 1.82) is 0 Å². The van der Waals surface area contributed by atoms with Gasteiger partial charge >= 0.3 is 0 Å². The Kier molecular flexibility index (Phi) is 5.53. The van der Waals surface area contributed by atoms with E-state index in [4.69, 9.17) is 16.3 Å². The molecule has 0 radical (unpaired) electrons. The van der Waals surface area contributed by atoms with Crippen molar-refractivity contribution in [3.63, 3.8) is 0 Å². The van der Waals surface area contributed by atoms with Crippen molar-refractivity contribution in [3.05, 3.63) is 100 Å². The first-order valence-electron chi connectivity index (χ1n) is 9.69. The second-order valence-corrected chi connectivity index (χ2v) is 7.65. The van der Waals surface area contributed by atoms with Gasteiger partial charge in [0, 0.05) is 10.7 Å². The SMILES string of the molecule is COc1ccccc1/C(O)=C1\C(=O)C(=O)N(c2cc(Cl)ccc2C)C1c1ccccc1. The highest BCUT2D eigenvalue weighted by molar-refractivity contribution is 6.52. The Bertz CT molecular complexity index is 1200. The number of aryl methyl sites for hydroxylation is 1. The molecule has 1 heterocycles. The van der Waals surface area contributed by atoms with Crippen LogP contribution in [0.25, 0.3) is 5.76 Å². The number of hydrogen-bond donors (Lipinski definition) is 1. The Morgan fingerprint density at radius 2 is 1.68 bits per heavy atom. The lowest BCUT2D eigenvalue weighted by molar-refractivity contribution is -0.132. The predicted molar refractivity (Wildman–Crippen MR) is 120 cm³/mol. The Labute approximate surface area is 185 Å². The molecule has 0 aromatic heterocycles. The van der Waals surface area contributed by atoms with Gasteiger partial charge in [0.15, 0.2) is 0 Å². The van der Waals surface area contributed by atoms with Crippen LogP contribution in [-0.2, 0) is 9.59 Å². The molecule has 3 aromatic rings. The maximum Gasteiger partial charge on any atom is 0.300 e. The van der Waals surface area contributed by atoms with Crippen LogP contribution in [0.3, 0.4) is 0 Å². The number of para-hydroxylation sites is 1. The number of anilines is 1. The largest absolute Gasteiger partial charge is 0.507 e. The Balaban J connectivity index is 2.00. The Morgan fingerprint density at radius 3 is 2.39 bits per heavy atom. The average Bonchev–Trinajstić information content (AvgIpc) is 3.06. The number of carbonyl (C=O) groups is 2. The zero-order chi connectivity index (χ0) is 22.1. The summed E-state index contributed by atoms with van der Waals surface area (Å²) in [5.41, 5.74) is 2.33. The van der Waals surface area contributed by atoms with Gasteiger partial charge in [-0.15, -0.1) is 0 Å². The average molecular weight is 434 g/mol. The second kappa shape index (κ2) is 8.28. The zero-order valence-corrected chi connectivity index (χ0v) is 17.8. The number of amides is 1. The summed E-state index contributed by atoms with van der Waals surface area (Å²) >= 11 is 6.21. The number of Topliss-reactive ketones (excluding diaryl/α,β-unsaturated/α-hetero) is 1. The van der Waals surface area contributed by atoms with Crippen LogP contribution >= 0.6 is 11.6 Å². The standard InChI is InChI=1S/C25H20ClNO4/c1-15-12-13-17(26)14-19(15)27-22(16-8-4-3-5-9-16)21(24(29)25(27)30)23(28)18-10-6-7-11-20(18)31-2/h3-14,22,28H,1-2H3/b23-21+. The van der Waals surface area contributed by atoms with Gasteiger partial charge in [0.05, 0.1) is 24.3 Å². The van der Waals surface area contributed by atoms with Gasteiger partial charge in [0.1, 0.15) is 11.5 Å². The van der Waals surface area contributed by atoms with E-state index in [0.717, 1.165) is 5.56 Å². The molecule has 1 aliphatic rings. The molecule has 1 N–H and O–H groups in total. The summed E-state index contributed by atoms with van der Waals surface area (Å²) in [7, 11) is 1.48. The molecular formula is C25H20ClNO4. The number of nitrogens with zero attached hydrogens (tertiary/aromatic N) is 1. The van der Waals surface area contributed by atoms with Crippen LogP contribution in [0.5, 0.6) is 5.75 Å². The van der Waals surface area contributed by atoms with E-state index in [9.17, 15) is 14.7 Å². The van der Waals surface area contributed by atoms with Crippen LogP contribution in [0.4, 0.5) is 5.69 Å². The highest BCUT2D eigenvalue weighted by Gasteiger charge is 2.47. The molecule has 6 heteroatoms. The number of aliphatic hydroxyl groups excluding tert-OH is 1. The van der Waals surface area contributed by atoms with E-state index in [1.54, 1.807) is 42.5 Å². The molecule has 1 saturated heterocycles. The third kappa shape index (κ3) is 3.57. The number of ether oxygens (including phenoxy) is 1. The topological polar surface area (TPSA) is 66.8 Å². The van der Waals surface area contributed by atoms with Gasteiger partial charge in [0.25, 0.3) is 11.7 Å². The van der Waals surface area contributed by atoms with Gasteiger partial charge < -0.3 is 9.84 Å². The van der Waals surface area contributed by atoms with E-state index in [1.807, 2.05) is 37.3 Å². The molecule has 0 saturated carbocycles. The fourth-order valence-electron chi connectivity index (χ4n) is 3.86. The van der Waals surface area contributed by atoms with E-state index < -0.39 is 17.7 Å². The van der Waals surface area contributed by atoms with E-state index in [1.165, 1.54) is 12.0 Å². The number of methoxy groups -OCH3 is 1. The van der Waals surface area contributed by atoms with Crippen molar-refractivity contribution in [1.82, 2.24) is 0 Å². The van der Waals surface area contributed by atoms with E-state index >= 15 is 0 Å². The number of aliphatic hydroxyl groups is 1. The lowest BCUT2D eigenvalue weighted by Gasteiger charge is -2.27. The monoisotopic (exact) mass is 433 g/mol. The van der Waals surface area contributed by atoms with Gasteiger partial charge in [-0.3, -0.25) is 14.5 Å². The van der Waals surface area contributed by atoms with Crippen LogP contribution in [-0.4, -0.2) is 23.9 Å². The number of benzene rings is 3. The molecule has 0 aliphatic carbocycles. The van der Waals surface area contributed by atoms with Crippen molar-refractivity contribution in [2.45, 2.75) is 13.0 Å². The van der Waals surface area contributed by atoms with Gasteiger partial charge in [-0.2, -0.15) is 0 Å². The number of carbonyl (C=O) groups excluding carboxylic acids is 2. The number of ketones is 1. The first kappa shape index (κ1) is 20.7. The highest BCUT2D eigenvalue weighted by Crippen LogP contribution is 2.44. The summed E-state index contributed by atoms with van der Waals surface area (Å²) in [6.45, 7) is 1.84. The molecule has 3 aromatic carbocycles. The highest BCUT2D eigenvalue weighted by atomic mass is 35.5. The number of rotatable bonds is 4. The normalized spacial score (nSPS) is 17.8. The Hall–Kier alpha value is -3.57. The third-order valence-electron chi connectivity index (χ3n) is 5.35. The van der Waals surface area contributed by atoms with E-state index in [-0.39, 0.29) is 11.3 Å². The van der Waals surface area contributed by atoms with E-state index in [2.05, 4.69) is 0 Å². The summed E-state index contributed by atoms with van der Waals surface area (Å²) < 4.78 is 5.35. The maximum absolute atomic E-state index is 13.2. The molecule has 1 aliphatic heterocycles. The third-order valence-corrected chi connectivity index (χ3v) is 5.59. The lowest BCUT2D eigenvalue weighted by Crippen LogP contribution is -2.30. The molecule has 4 rings (SSSR count). The van der Waals surface area contributed by atoms with Crippen molar-refractivity contribution < 1.29 is 19.4 Å². The van der Waals surface area contributed by atoms with Gasteiger partial charge in [-0.1, -0.05) is 60.1 Å². The smallest absolute Gasteiger partial charge is 0.300 e. The summed E-state index contributed by atoms with van der Waals surface area (Å²) in [5.74, 6) is -1.38. The van der Waals surface area contributed by atoms with Crippen LogP contribution in [0.2, 0.25) is 5.02 Å². The number of halogens is 1. The molecular weight excluding hydrogens is 414 g/mol. The van der Waals surface area contributed by atoms with Crippen LogP contribution in [0.15, 0.2) is 78.4 Å². The van der Waals surface area contributed by atoms with Crippen molar-refractivity contribution >= 4 is 34.7 Å². The molecule has 1 fully saturated rings. The van der Waals surface area contributed by atoms with Gasteiger partial charge in [-0.05, 0) is 42.3 Å². The van der Waals surface area contributed by atoms with Crippen molar-refractivity contribution in [2.24, 2.45) is 0 Å². The van der Waals surface area contributed by atoms with E-state index in [0.29, 0.717) is 27.6 Å². The van der Waals surface area contributed by atoms with Gasteiger partial charge in [0.2, 0.25) is 0 Å². The molecule has 5 nitrogen and oxygen atoms in total. The predicted octanol–water partition coefficient (Wildman–Crippen LogP) is 5.28. The molecule has 1 atom stereocenters. The molecule has 0 bridgehead atoms. The minimum absolute atomic E-state index is 0.0000699. The minimum Gasteiger partial charge on any atom is -0.507 e. The maximum atomic E-state index is 13.2. The summed E-state index contributed by atoms with van der Waals surface area (Å²) in [4.78, 5) is 27.8. The molecule has 1 amide bonds. The van der Waals surface area contributed by atoms with Gasteiger partial charge in [-0.25, -0.2) is 0 Å². The summed E-state index contributed by atoms with van der Waals surface area (Å²) in [5, 5.41) is 11.7. The molecule has 156 valence electrons. The summed E-state index contributed by atoms with van der Waals surface area (Å²) in [6, 6.07) is 20.3. The Morgan fingerprint density at radius 1 is 1.00 bits per heavy atom. The fraction of sp³-hybridized carbons (Fsp3) is 0.120. The quantitative estimate of drug-likeness (QED) is 0.345. The van der Waals surface area contributed by atoms with Crippen LogP contribution in [0.1, 0.15) is 22.7 Å². The molecule has 0 spiro atoms. The lowest BCUT2D eigenvalue weighted by atomic mass is 9.94. The van der Waals surface area contributed by atoms with Crippen LogP contribution < -0.4 is 9.64 Å². The molecule has 1 unspecified atom stereocenters.